The van der Waals surface area contributed by atoms with Gasteiger partial charge in [0.05, 0.1) is 5.92 Å². The van der Waals surface area contributed by atoms with Crippen molar-refractivity contribution in [3.05, 3.63) is 46.7 Å². The Bertz CT molecular complexity index is 697. The summed E-state index contributed by atoms with van der Waals surface area (Å²) < 4.78 is 13.7. The maximum Gasteiger partial charge on any atom is 0.306 e. The van der Waals surface area contributed by atoms with Gasteiger partial charge in [-0.3, -0.25) is 9.59 Å². The van der Waals surface area contributed by atoms with Crippen molar-refractivity contribution in [2.24, 2.45) is 5.92 Å². The predicted octanol–water partition coefficient (Wildman–Crippen LogP) is 3.93. The summed E-state index contributed by atoms with van der Waals surface area (Å²) in [4.78, 5) is 22.9. The highest BCUT2D eigenvalue weighted by Crippen LogP contribution is 2.26. The zero-order valence-electron chi connectivity index (χ0n) is 10.7. The van der Waals surface area contributed by atoms with Gasteiger partial charge in [0, 0.05) is 22.4 Å². The molecule has 1 atom stereocenters. The summed E-state index contributed by atoms with van der Waals surface area (Å²) in [6, 6.07) is 7.16. The van der Waals surface area contributed by atoms with Gasteiger partial charge in [-0.2, -0.15) is 0 Å². The van der Waals surface area contributed by atoms with Crippen molar-refractivity contribution in [1.29, 1.82) is 0 Å². The van der Waals surface area contributed by atoms with Crippen LogP contribution in [0.2, 0.25) is 5.02 Å². The molecule has 0 aliphatic heterocycles. The fourth-order valence-electron chi connectivity index (χ4n) is 2.00. The first-order valence-corrected chi connectivity index (χ1v) is 6.41. The Labute approximate surface area is 120 Å². The van der Waals surface area contributed by atoms with Crippen molar-refractivity contribution in [3.8, 4) is 0 Å². The van der Waals surface area contributed by atoms with E-state index in [0.717, 1.165) is 0 Å². The van der Waals surface area contributed by atoms with Crippen molar-refractivity contribution in [2.45, 2.75) is 13.3 Å². The number of carbonyl (C=O) groups excluding carboxylic acids is 1. The van der Waals surface area contributed by atoms with Crippen LogP contribution in [0.1, 0.15) is 23.7 Å². The lowest BCUT2D eigenvalue weighted by Gasteiger charge is -2.09. The second-order valence-corrected chi connectivity index (χ2v) is 5.09. The number of rotatable bonds is 4. The molecule has 0 amide bonds. The molecular weight excluding hydrogens is 283 g/mol. The minimum atomic E-state index is -1.03. The largest absolute Gasteiger partial charge is 0.481 e. The number of fused-ring (bicyclic) bond motifs is 1. The Morgan fingerprint density at radius 2 is 1.95 bits per heavy atom. The topological polar surface area (TPSA) is 54.4 Å². The van der Waals surface area contributed by atoms with E-state index < -0.39 is 17.7 Å². The molecule has 3 nitrogen and oxygen atoms in total. The maximum absolute atomic E-state index is 13.7. The highest BCUT2D eigenvalue weighted by Gasteiger charge is 2.19. The van der Waals surface area contributed by atoms with Gasteiger partial charge in [0.2, 0.25) is 0 Å². The van der Waals surface area contributed by atoms with Crippen LogP contribution in [0.3, 0.4) is 0 Å². The second kappa shape index (κ2) is 5.59. The summed E-state index contributed by atoms with van der Waals surface area (Å²) in [6.07, 6.45) is -0.126. The molecule has 2 aromatic rings. The molecule has 2 rings (SSSR count). The zero-order chi connectivity index (χ0) is 14.9. The second-order valence-electron chi connectivity index (χ2n) is 4.65. The Balaban J connectivity index is 2.47. The van der Waals surface area contributed by atoms with E-state index in [9.17, 15) is 14.0 Å². The Morgan fingerprint density at radius 3 is 2.60 bits per heavy atom. The van der Waals surface area contributed by atoms with Crippen LogP contribution in [0, 0.1) is 11.7 Å². The SMILES string of the molecule is CC(CC(=O)c1ccc(F)c2cc(Cl)ccc12)C(=O)O. The lowest BCUT2D eigenvalue weighted by Crippen LogP contribution is -2.15. The maximum atomic E-state index is 13.7. The van der Waals surface area contributed by atoms with Crippen LogP contribution in [-0.4, -0.2) is 16.9 Å². The minimum absolute atomic E-state index is 0.126. The van der Waals surface area contributed by atoms with Crippen LogP contribution in [-0.2, 0) is 4.79 Å². The molecule has 0 bridgehead atoms. The van der Waals surface area contributed by atoms with Crippen molar-refractivity contribution < 1.29 is 19.1 Å². The highest BCUT2D eigenvalue weighted by molar-refractivity contribution is 6.31. The van der Waals surface area contributed by atoms with E-state index in [1.54, 1.807) is 12.1 Å². The summed E-state index contributed by atoms with van der Waals surface area (Å²) in [5.41, 5.74) is 0.311. The summed E-state index contributed by atoms with van der Waals surface area (Å²) in [5, 5.41) is 9.91. The zero-order valence-corrected chi connectivity index (χ0v) is 11.4. The lowest BCUT2D eigenvalue weighted by molar-refractivity contribution is -0.141. The molecule has 1 unspecified atom stereocenters. The number of ketones is 1. The third-order valence-corrected chi connectivity index (χ3v) is 3.37. The molecule has 104 valence electrons. The quantitative estimate of drug-likeness (QED) is 0.869. The van der Waals surface area contributed by atoms with Gasteiger partial charge >= 0.3 is 5.97 Å². The van der Waals surface area contributed by atoms with Gasteiger partial charge in [0.15, 0.2) is 5.78 Å². The third-order valence-electron chi connectivity index (χ3n) is 3.14. The average molecular weight is 295 g/mol. The van der Waals surface area contributed by atoms with Gasteiger partial charge in [0.25, 0.3) is 0 Å². The van der Waals surface area contributed by atoms with Crippen LogP contribution in [0.15, 0.2) is 30.3 Å². The normalized spacial score (nSPS) is 12.3. The molecule has 5 heteroatoms. The fourth-order valence-corrected chi connectivity index (χ4v) is 2.18. The van der Waals surface area contributed by atoms with E-state index in [0.29, 0.717) is 16.0 Å². The molecule has 0 saturated carbocycles. The molecule has 1 N–H and O–H groups in total. The molecule has 0 heterocycles. The number of benzene rings is 2. The number of carbonyl (C=O) groups is 2. The summed E-state index contributed by atoms with van der Waals surface area (Å²) >= 11 is 5.82. The lowest BCUT2D eigenvalue weighted by atomic mass is 9.95. The molecule has 0 spiro atoms. The Kier molecular flexibility index (Phi) is 4.04. The average Bonchev–Trinajstić information content (AvgIpc) is 2.39. The summed E-state index contributed by atoms with van der Waals surface area (Å²) in [6.45, 7) is 1.46. The van der Waals surface area contributed by atoms with E-state index in [-0.39, 0.29) is 17.6 Å². The number of aliphatic carboxylic acids is 1. The number of carboxylic acid groups (broad SMARTS) is 1. The molecule has 20 heavy (non-hydrogen) atoms. The minimum Gasteiger partial charge on any atom is -0.481 e. The van der Waals surface area contributed by atoms with Gasteiger partial charge in [-0.05, 0) is 29.7 Å². The van der Waals surface area contributed by atoms with E-state index in [1.165, 1.54) is 25.1 Å². The summed E-state index contributed by atoms with van der Waals surface area (Å²) in [7, 11) is 0. The van der Waals surface area contributed by atoms with Gasteiger partial charge in [-0.25, -0.2) is 4.39 Å². The first-order valence-electron chi connectivity index (χ1n) is 6.04. The van der Waals surface area contributed by atoms with E-state index >= 15 is 0 Å². The molecule has 2 aromatic carbocycles. The molecule has 0 aliphatic rings. The van der Waals surface area contributed by atoms with Crippen molar-refractivity contribution in [1.82, 2.24) is 0 Å². The van der Waals surface area contributed by atoms with Crippen LogP contribution in [0.4, 0.5) is 4.39 Å². The number of hydrogen-bond acceptors (Lipinski definition) is 2. The van der Waals surface area contributed by atoms with Gasteiger partial charge in [-0.1, -0.05) is 24.6 Å². The van der Waals surface area contributed by atoms with E-state index in [2.05, 4.69) is 0 Å². The molecule has 0 fully saturated rings. The van der Waals surface area contributed by atoms with Crippen LogP contribution in [0.25, 0.3) is 10.8 Å². The van der Waals surface area contributed by atoms with Crippen molar-refractivity contribution >= 4 is 34.1 Å². The molecule has 0 saturated heterocycles. The van der Waals surface area contributed by atoms with E-state index in [4.69, 9.17) is 16.7 Å². The number of carboxylic acids is 1. The molecule has 0 aliphatic carbocycles. The van der Waals surface area contributed by atoms with Gasteiger partial charge in [0.1, 0.15) is 5.82 Å². The van der Waals surface area contributed by atoms with Crippen molar-refractivity contribution in [2.75, 3.05) is 0 Å². The third kappa shape index (κ3) is 2.80. The van der Waals surface area contributed by atoms with Crippen LogP contribution < -0.4 is 0 Å². The van der Waals surface area contributed by atoms with Crippen LogP contribution in [0.5, 0.6) is 0 Å². The molecule has 0 radical (unpaired) electrons. The first kappa shape index (κ1) is 14.5. The monoisotopic (exact) mass is 294 g/mol. The molecule has 0 aromatic heterocycles. The predicted molar refractivity (Wildman–Crippen MR) is 74.7 cm³/mol. The Morgan fingerprint density at radius 1 is 1.25 bits per heavy atom. The number of hydrogen-bond donors (Lipinski definition) is 1. The van der Waals surface area contributed by atoms with Gasteiger partial charge < -0.3 is 5.11 Å². The first-order chi connectivity index (χ1) is 9.40. The number of Topliss-reactive ketones (excluding diaryl/α,β-unsaturated/α-hetero) is 1. The summed E-state index contributed by atoms with van der Waals surface area (Å²) in [5.74, 6) is -2.61. The fraction of sp³-hybridized carbons (Fsp3) is 0.200. The van der Waals surface area contributed by atoms with Crippen molar-refractivity contribution in [3.63, 3.8) is 0 Å². The smallest absolute Gasteiger partial charge is 0.306 e. The number of halogens is 2. The highest BCUT2D eigenvalue weighted by atomic mass is 35.5. The molecular formula is C15H12ClFO3. The standard InChI is InChI=1S/C15H12ClFO3/c1-8(15(19)20)6-14(18)11-4-5-13(17)12-7-9(16)2-3-10(11)12/h2-5,7-8H,6H2,1H3,(H,19,20). The van der Waals surface area contributed by atoms with E-state index in [1.807, 2.05) is 0 Å². The van der Waals surface area contributed by atoms with Gasteiger partial charge in [-0.15, -0.1) is 0 Å². The Hall–Kier alpha value is -1.94. The van der Waals surface area contributed by atoms with Crippen LogP contribution >= 0.6 is 11.6 Å².